The first kappa shape index (κ1) is 13.6. The second-order valence-electron chi connectivity index (χ2n) is 3.74. The van der Waals surface area contributed by atoms with Crippen molar-refractivity contribution >= 4 is 35.3 Å². The predicted octanol–water partition coefficient (Wildman–Crippen LogP) is 3.76. The lowest BCUT2D eigenvalue weighted by Crippen LogP contribution is -2.17. The van der Waals surface area contributed by atoms with E-state index < -0.39 is 0 Å². The highest BCUT2D eigenvalue weighted by Crippen LogP contribution is 2.21. The van der Waals surface area contributed by atoms with Crippen molar-refractivity contribution in [3.8, 4) is 0 Å². The summed E-state index contributed by atoms with van der Waals surface area (Å²) >= 11 is 11.7. The predicted molar refractivity (Wildman–Crippen MR) is 78.0 cm³/mol. The summed E-state index contributed by atoms with van der Waals surface area (Å²) in [6, 6.07) is 13.9. The highest BCUT2D eigenvalue weighted by molar-refractivity contribution is 6.42. The lowest BCUT2D eigenvalue weighted by Gasteiger charge is -1.99. The highest BCUT2D eigenvalue weighted by Gasteiger charge is 2.01. The molecule has 3 nitrogen and oxygen atoms in total. The smallest absolute Gasteiger partial charge is 0.267 e. The van der Waals surface area contributed by atoms with Gasteiger partial charge in [0.1, 0.15) is 0 Å². The molecule has 0 radical (unpaired) electrons. The van der Waals surface area contributed by atoms with Crippen LogP contribution in [0.2, 0.25) is 10.0 Å². The highest BCUT2D eigenvalue weighted by atomic mass is 35.5. The van der Waals surface area contributed by atoms with Gasteiger partial charge in [-0.3, -0.25) is 4.79 Å². The quantitative estimate of drug-likeness (QED) is 0.679. The minimum atomic E-state index is -0.267. The van der Waals surface area contributed by atoms with Crippen molar-refractivity contribution in [2.75, 3.05) is 0 Å². The first-order valence-corrected chi connectivity index (χ1v) is 6.26. The Morgan fingerprint density at radius 1 is 1.05 bits per heavy atom. The van der Waals surface area contributed by atoms with Crippen LogP contribution in [0.15, 0.2) is 53.6 Å². The molecule has 0 bridgehead atoms. The number of nitrogens with one attached hydrogen (secondary N) is 1. The summed E-state index contributed by atoms with van der Waals surface area (Å²) in [6.45, 7) is 0. The van der Waals surface area contributed by atoms with Crippen LogP contribution < -0.4 is 5.43 Å². The molecule has 0 saturated carbocycles. The van der Waals surface area contributed by atoms with Crippen LogP contribution in [0.1, 0.15) is 15.9 Å². The zero-order valence-electron chi connectivity index (χ0n) is 9.81. The van der Waals surface area contributed by atoms with E-state index >= 15 is 0 Å². The van der Waals surface area contributed by atoms with Crippen molar-refractivity contribution in [3.63, 3.8) is 0 Å². The van der Waals surface area contributed by atoms with Crippen molar-refractivity contribution in [1.29, 1.82) is 0 Å². The summed E-state index contributed by atoms with van der Waals surface area (Å²) in [6.07, 6.45) is 1.50. The summed E-state index contributed by atoms with van der Waals surface area (Å²) in [5.41, 5.74) is 3.74. The third-order valence-electron chi connectivity index (χ3n) is 2.36. The number of rotatable bonds is 3. The molecule has 0 spiro atoms. The lowest BCUT2D eigenvalue weighted by atomic mass is 10.2. The maximum Gasteiger partial charge on any atom is 0.271 e. The van der Waals surface area contributed by atoms with E-state index in [4.69, 9.17) is 23.2 Å². The van der Waals surface area contributed by atoms with Gasteiger partial charge in [-0.25, -0.2) is 5.43 Å². The van der Waals surface area contributed by atoms with Gasteiger partial charge in [-0.15, -0.1) is 0 Å². The first-order valence-electron chi connectivity index (χ1n) is 5.50. The Hall–Kier alpha value is -1.84. The molecule has 2 rings (SSSR count). The molecule has 0 aliphatic heterocycles. The van der Waals surface area contributed by atoms with Gasteiger partial charge >= 0.3 is 0 Å². The van der Waals surface area contributed by atoms with Gasteiger partial charge in [0.25, 0.3) is 5.91 Å². The van der Waals surface area contributed by atoms with Crippen molar-refractivity contribution in [1.82, 2.24) is 5.43 Å². The monoisotopic (exact) mass is 292 g/mol. The molecule has 0 saturated heterocycles. The molecule has 2 aromatic carbocycles. The molecular weight excluding hydrogens is 283 g/mol. The number of hydrazone groups is 1. The number of hydrogen-bond donors (Lipinski definition) is 1. The number of carbonyl (C=O) groups excluding carboxylic acids is 1. The van der Waals surface area contributed by atoms with E-state index in [1.165, 1.54) is 6.21 Å². The zero-order valence-corrected chi connectivity index (χ0v) is 11.3. The summed E-state index contributed by atoms with van der Waals surface area (Å²) < 4.78 is 0. The zero-order chi connectivity index (χ0) is 13.7. The van der Waals surface area contributed by atoms with E-state index in [-0.39, 0.29) is 5.91 Å². The van der Waals surface area contributed by atoms with Crippen molar-refractivity contribution in [3.05, 3.63) is 69.7 Å². The fourth-order valence-corrected chi connectivity index (χ4v) is 1.72. The molecule has 0 aliphatic rings. The molecular formula is C14H10Cl2N2O. The Morgan fingerprint density at radius 2 is 1.79 bits per heavy atom. The summed E-state index contributed by atoms with van der Waals surface area (Å²) in [5, 5.41) is 4.79. The standard InChI is InChI=1S/C14H10Cl2N2O/c15-12-7-6-10(8-13(12)16)9-17-18-14(19)11-4-2-1-3-5-11/h1-9H,(H,18,19)/b17-9-. The van der Waals surface area contributed by atoms with Crippen LogP contribution in [0.4, 0.5) is 0 Å². The van der Waals surface area contributed by atoms with Gasteiger partial charge in [-0.05, 0) is 29.8 Å². The van der Waals surface area contributed by atoms with Gasteiger partial charge in [0.2, 0.25) is 0 Å². The average Bonchev–Trinajstić information content (AvgIpc) is 2.43. The number of halogens is 2. The molecule has 0 unspecified atom stereocenters. The SMILES string of the molecule is O=C(N/N=C\c1ccc(Cl)c(Cl)c1)c1ccccc1. The van der Waals surface area contributed by atoms with E-state index in [1.54, 1.807) is 42.5 Å². The Morgan fingerprint density at radius 3 is 2.47 bits per heavy atom. The molecule has 1 amide bonds. The maximum absolute atomic E-state index is 11.7. The van der Waals surface area contributed by atoms with Gasteiger partial charge in [0, 0.05) is 5.56 Å². The first-order chi connectivity index (χ1) is 9.16. The van der Waals surface area contributed by atoms with Gasteiger partial charge in [-0.2, -0.15) is 5.10 Å². The molecule has 0 aromatic heterocycles. The van der Waals surface area contributed by atoms with E-state index in [0.717, 1.165) is 5.56 Å². The lowest BCUT2D eigenvalue weighted by molar-refractivity contribution is 0.0955. The topological polar surface area (TPSA) is 41.5 Å². The maximum atomic E-state index is 11.7. The minimum absolute atomic E-state index is 0.267. The van der Waals surface area contributed by atoms with Crippen LogP contribution in [0.5, 0.6) is 0 Å². The molecule has 0 heterocycles. The molecule has 0 fully saturated rings. The Balaban J connectivity index is 2.00. The van der Waals surface area contributed by atoms with Gasteiger partial charge in [-0.1, -0.05) is 47.5 Å². The second kappa shape index (κ2) is 6.36. The average molecular weight is 293 g/mol. The number of nitrogens with zero attached hydrogens (tertiary/aromatic N) is 1. The van der Waals surface area contributed by atoms with Crippen LogP contribution >= 0.6 is 23.2 Å². The summed E-state index contributed by atoms with van der Waals surface area (Å²) in [5.74, 6) is -0.267. The van der Waals surface area contributed by atoms with Crippen LogP contribution in [0.25, 0.3) is 0 Å². The van der Waals surface area contributed by atoms with E-state index in [9.17, 15) is 4.79 Å². The fourth-order valence-electron chi connectivity index (χ4n) is 1.41. The molecule has 5 heteroatoms. The Bertz CT molecular complexity index is 612. The Labute approximate surface area is 120 Å². The molecule has 0 atom stereocenters. The summed E-state index contributed by atoms with van der Waals surface area (Å²) in [4.78, 5) is 11.7. The fraction of sp³-hybridized carbons (Fsp3) is 0. The van der Waals surface area contributed by atoms with Gasteiger partial charge < -0.3 is 0 Å². The normalized spacial score (nSPS) is 10.6. The summed E-state index contributed by atoms with van der Waals surface area (Å²) in [7, 11) is 0. The van der Waals surface area contributed by atoms with Crippen molar-refractivity contribution < 1.29 is 4.79 Å². The second-order valence-corrected chi connectivity index (χ2v) is 4.55. The number of amides is 1. The van der Waals surface area contributed by atoms with Crippen LogP contribution in [-0.2, 0) is 0 Å². The van der Waals surface area contributed by atoms with E-state index in [1.807, 2.05) is 6.07 Å². The third kappa shape index (κ3) is 3.81. The minimum Gasteiger partial charge on any atom is -0.267 e. The van der Waals surface area contributed by atoms with Crippen LogP contribution in [-0.4, -0.2) is 12.1 Å². The number of benzene rings is 2. The van der Waals surface area contributed by atoms with Gasteiger partial charge in [0.15, 0.2) is 0 Å². The number of carbonyl (C=O) groups is 1. The molecule has 96 valence electrons. The molecule has 2 aromatic rings. The van der Waals surface area contributed by atoms with E-state index in [0.29, 0.717) is 15.6 Å². The molecule has 1 N–H and O–H groups in total. The van der Waals surface area contributed by atoms with Crippen LogP contribution in [0.3, 0.4) is 0 Å². The molecule has 0 aliphatic carbocycles. The van der Waals surface area contributed by atoms with Gasteiger partial charge in [0.05, 0.1) is 16.3 Å². The van der Waals surface area contributed by atoms with Crippen molar-refractivity contribution in [2.45, 2.75) is 0 Å². The van der Waals surface area contributed by atoms with Crippen molar-refractivity contribution in [2.24, 2.45) is 5.10 Å². The van der Waals surface area contributed by atoms with E-state index in [2.05, 4.69) is 10.5 Å². The molecule has 19 heavy (non-hydrogen) atoms. The third-order valence-corrected chi connectivity index (χ3v) is 3.10. The Kier molecular flexibility index (Phi) is 4.55. The van der Waals surface area contributed by atoms with Crippen LogP contribution in [0, 0.1) is 0 Å². The number of hydrogen-bond acceptors (Lipinski definition) is 2. The largest absolute Gasteiger partial charge is 0.271 e.